The summed E-state index contributed by atoms with van der Waals surface area (Å²) in [5, 5.41) is 15.3. The van der Waals surface area contributed by atoms with Crippen LogP contribution in [0.4, 0.5) is 0 Å². The van der Waals surface area contributed by atoms with Crippen LogP contribution in [0, 0.1) is 6.92 Å². The van der Waals surface area contributed by atoms with Crippen molar-refractivity contribution in [1.82, 2.24) is 14.7 Å². The normalized spacial score (nSPS) is 12.5. The summed E-state index contributed by atoms with van der Waals surface area (Å²) in [7, 11) is 0. The second kappa shape index (κ2) is 11.8. The molecule has 0 aliphatic rings. The molecule has 2 aromatic carbocycles. The molecule has 1 heterocycles. The van der Waals surface area contributed by atoms with Crippen LogP contribution in [0.1, 0.15) is 38.4 Å². The second-order valence-corrected chi connectivity index (χ2v) is 8.30. The first-order valence-electron chi connectivity index (χ1n) is 11.4. The molecule has 0 saturated carbocycles. The Bertz CT molecular complexity index is 942. The van der Waals surface area contributed by atoms with Crippen LogP contribution in [-0.4, -0.2) is 51.7 Å². The molecule has 0 radical (unpaired) electrons. The summed E-state index contributed by atoms with van der Waals surface area (Å²) in [6.07, 6.45) is 0.534. The summed E-state index contributed by atoms with van der Waals surface area (Å²) in [4.78, 5) is 2.24. The number of hydrogen-bond acceptors (Lipinski definition) is 5. The molecule has 6 heteroatoms. The predicted molar refractivity (Wildman–Crippen MR) is 127 cm³/mol. The molecule has 0 bridgehead atoms. The van der Waals surface area contributed by atoms with Gasteiger partial charge in [0.2, 0.25) is 5.88 Å². The Morgan fingerprint density at radius 2 is 1.69 bits per heavy atom. The van der Waals surface area contributed by atoms with Crippen molar-refractivity contribution in [2.24, 2.45) is 0 Å². The largest absolute Gasteiger partial charge is 0.439 e. The highest BCUT2D eigenvalue weighted by atomic mass is 16.5. The third-order valence-corrected chi connectivity index (χ3v) is 5.11. The van der Waals surface area contributed by atoms with Crippen LogP contribution in [0.25, 0.3) is 5.69 Å². The fourth-order valence-corrected chi connectivity index (χ4v) is 3.60. The number of rotatable bonds is 12. The SMILES string of the molecule is CCCN(Cc1c(C)nn(-c2ccccc2)c1Oc1ccccc1)CC(O)COC(C)C. The van der Waals surface area contributed by atoms with E-state index in [0.717, 1.165) is 35.7 Å². The van der Waals surface area contributed by atoms with E-state index in [1.807, 2.05) is 86.1 Å². The van der Waals surface area contributed by atoms with Crippen molar-refractivity contribution in [3.05, 3.63) is 71.9 Å². The molecule has 0 amide bonds. The first-order valence-corrected chi connectivity index (χ1v) is 11.4. The van der Waals surface area contributed by atoms with Crippen molar-refractivity contribution in [1.29, 1.82) is 0 Å². The zero-order chi connectivity index (χ0) is 22.9. The summed E-state index contributed by atoms with van der Waals surface area (Å²) >= 11 is 0. The zero-order valence-electron chi connectivity index (χ0n) is 19.6. The van der Waals surface area contributed by atoms with Gasteiger partial charge in [-0.05, 0) is 58.0 Å². The molecular weight excluding hydrogens is 402 g/mol. The van der Waals surface area contributed by atoms with Gasteiger partial charge in [0.25, 0.3) is 0 Å². The highest BCUT2D eigenvalue weighted by molar-refractivity contribution is 5.43. The van der Waals surface area contributed by atoms with Gasteiger partial charge in [0.15, 0.2) is 0 Å². The van der Waals surface area contributed by atoms with Gasteiger partial charge >= 0.3 is 0 Å². The van der Waals surface area contributed by atoms with E-state index < -0.39 is 6.10 Å². The minimum absolute atomic E-state index is 0.0986. The number of aliphatic hydroxyl groups is 1. The molecule has 0 aliphatic carbocycles. The molecule has 0 aliphatic heterocycles. The maximum atomic E-state index is 10.5. The van der Waals surface area contributed by atoms with Gasteiger partial charge in [-0.3, -0.25) is 4.90 Å². The molecule has 1 N–H and O–H groups in total. The van der Waals surface area contributed by atoms with Crippen LogP contribution in [0.2, 0.25) is 0 Å². The Kier molecular flexibility index (Phi) is 8.85. The van der Waals surface area contributed by atoms with Crippen molar-refractivity contribution in [2.45, 2.75) is 52.9 Å². The Hall–Kier alpha value is -2.67. The van der Waals surface area contributed by atoms with Crippen molar-refractivity contribution >= 4 is 0 Å². The number of para-hydroxylation sites is 2. The topological polar surface area (TPSA) is 59.8 Å². The standard InChI is InChI=1S/C26H35N3O3/c1-5-16-28(17-23(30)19-31-20(2)3)18-25-21(4)27-29(22-12-8-6-9-13-22)26(25)32-24-14-10-7-11-15-24/h6-15,20,23,30H,5,16-19H2,1-4H3. The van der Waals surface area contributed by atoms with Crippen molar-refractivity contribution in [3.63, 3.8) is 0 Å². The Morgan fingerprint density at radius 3 is 2.31 bits per heavy atom. The lowest BCUT2D eigenvalue weighted by Crippen LogP contribution is -2.35. The number of hydrogen-bond donors (Lipinski definition) is 1. The van der Waals surface area contributed by atoms with E-state index in [2.05, 4.69) is 11.8 Å². The van der Waals surface area contributed by atoms with E-state index in [1.165, 1.54) is 0 Å². The average molecular weight is 438 g/mol. The van der Waals surface area contributed by atoms with E-state index >= 15 is 0 Å². The summed E-state index contributed by atoms with van der Waals surface area (Å²) in [6.45, 7) is 10.5. The summed E-state index contributed by atoms with van der Waals surface area (Å²) < 4.78 is 13.8. The average Bonchev–Trinajstić information content (AvgIpc) is 3.09. The lowest BCUT2D eigenvalue weighted by molar-refractivity contribution is -0.00957. The van der Waals surface area contributed by atoms with Crippen LogP contribution in [-0.2, 0) is 11.3 Å². The third kappa shape index (κ3) is 6.66. The van der Waals surface area contributed by atoms with Gasteiger partial charge in [-0.1, -0.05) is 43.3 Å². The summed E-state index contributed by atoms with van der Waals surface area (Å²) in [5.74, 6) is 1.46. The molecule has 32 heavy (non-hydrogen) atoms. The van der Waals surface area contributed by atoms with Gasteiger partial charge in [-0.2, -0.15) is 5.10 Å². The fourth-order valence-electron chi connectivity index (χ4n) is 3.60. The van der Waals surface area contributed by atoms with Gasteiger partial charge in [0, 0.05) is 13.1 Å². The van der Waals surface area contributed by atoms with Gasteiger partial charge in [0.1, 0.15) is 5.75 Å². The molecule has 172 valence electrons. The number of aliphatic hydroxyl groups excluding tert-OH is 1. The second-order valence-electron chi connectivity index (χ2n) is 8.30. The predicted octanol–water partition coefficient (Wildman–Crippen LogP) is 4.97. The molecule has 3 rings (SSSR count). The van der Waals surface area contributed by atoms with E-state index in [-0.39, 0.29) is 6.10 Å². The quantitative estimate of drug-likeness (QED) is 0.433. The van der Waals surface area contributed by atoms with Gasteiger partial charge in [0.05, 0.1) is 35.8 Å². The van der Waals surface area contributed by atoms with E-state index in [1.54, 1.807) is 0 Å². The highest BCUT2D eigenvalue weighted by Crippen LogP contribution is 2.31. The summed E-state index contributed by atoms with van der Waals surface area (Å²) in [5.41, 5.74) is 2.87. The number of aryl methyl sites for hydroxylation is 1. The minimum atomic E-state index is -0.549. The van der Waals surface area contributed by atoms with E-state index in [9.17, 15) is 5.11 Å². The third-order valence-electron chi connectivity index (χ3n) is 5.11. The molecule has 0 fully saturated rings. The summed E-state index contributed by atoms with van der Waals surface area (Å²) in [6, 6.07) is 19.8. The van der Waals surface area contributed by atoms with Crippen LogP contribution in [0.15, 0.2) is 60.7 Å². The Balaban J connectivity index is 1.90. The van der Waals surface area contributed by atoms with Crippen LogP contribution >= 0.6 is 0 Å². The number of ether oxygens (including phenoxy) is 2. The lowest BCUT2D eigenvalue weighted by atomic mass is 10.2. The smallest absolute Gasteiger partial charge is 0.227 e. The zero-order valence-corrected chi connectivity index (χ0v) is 19.6. The molecule has 1 aromatic heterocycles. The van der Waals surface area contributed by atoms with E-state index in [4.69, 9.17) is 14.6 Å². The molecule has 1 unspecified atom stereocenters. The van der Waals surface area contributed by atoms with Crippen molar-refractivity contribution < 1.29 is 14.6 Å². The van der Waals surface area contributed by atoms with Gasteiger partial charge < -0.3 is 14.6 Å². The Labute approximate surface area is 191 Å². The molecular formula is C26H35N3O3. The number of benzene rings is 2. The maximum absolute atomic E-state index is 10.5. The number of aromatic nitrogens is 2. The fraction of sp³-hybridized carbons (Fsp3) is 0.423. The van der Waals surface area contributed by atoms with Crippen LogP contribution < -0.4 is 4.74 Å². The molecule has 3 aromatic rings. The molecule has 6 nitrogen and oxygen atoms in total. The van der Waals surface area contributed by atoms with Crippen LogP contribution in [0.3, 0.4) is 0 Å². The highest BCUT2D eigenvalue weighted by Gasteiger charge is 2.22. The Morgan fingerprint density at radius 1 is 1.03 bits per heavy atom. The maximum Gasteiger partial charge on any atom is 0.227 e. The minimum Gasteiger partial charge on any atom is -0.439 e. The van der Waals surface area contributed by atoms with Gasteiger partial charge in [-0.25, -0.2) is 4.68 Å². The molecule has 1 atom stereocenters. The van der Waals surface area contributed by atoms with Crippen LogP contribution in [0.5, 0.6) is 11.6 Å². The molecule has 0 spiro atoms. The number of nitrogens with zero attached hydrogens (tertiary/aromatic N) is 3. The first kappa shape index (κ1) is 24.0. The first-order chi connectivity index (χ1) is 15.5. The lowest BCUT2D eigenvalue weighted by Gasteiger charge is -2.25. The molecule has 0 saturated heterocycles. The van der Waals surface area contributed by atoms with Crippen molar-refractivity contribution in [3.8, 4) is 17.3 Å². The monoisotopic (exact) mass is 437 g/mol. The van der Waals surface area contributed by atoms with Gasteiger partial charge in [-0.15, -0.1) is 0 Å². The van der Waals surface area contributed by atoms with Crippen molar-refractivity contribution in [2.75, 3.05) is 19.7 Å². The van der Waals surface area contributed by atoms with E-state index in [0.29, 0.717) is 25.6 Å².